The molecule has 0 aromatic heterocycles. The molecule has 0 saturated carbocycles. The Bertz CT molecular complexity index is 126. The van der Waals surface area contributed by atoms with Crippen LogP contribution in [0.1, 0.15) is 20.3 Å². The summed E-state index contributed by atoms with van der Waals surface area (Å²) < 4.78 is 36.1. The molecule has 0 unspecified atom stereocenters. The zero-order valence-corrected chi connectivity index (χ0v) is 6.78. The number of rotatable bonds is 3. The van der Waals surface area contributed by atoms with E-state index in [0.29, 0.717) is 6.42 Å². The molecule has 0 N–H and O–H groups in total. The van der Waals surface area contributed by atoms with Crippen LogP contribution in [-0.4, -0.2) is 6.18 Å². The standard InChI is InChI=1S/C8H13F3/c1-4-7(5-2)6(3)8(9,10)11/h4,6-7H,1,5H2,2-3H3/t6-,7-/m1/s1. The van der Waals surface area contributed by atoms with Crippen LogP contribution in [0.3, 0.4) is 0 Å². The summed E-state index contributed by atoms with van der Waals surface area (Å²) in [7, 11) is 0. The molecule has 0 aliphatic rings. The van der Waals surface area contributed by atoms with Crippen LogP contribution < -0.4 is 0 Å². The van der Waals surface area contributed by atoms with Crippen LogP contribution in [0.2, 0.25) is 0 Å². The van der Waals surface area contributed by atoms with Gasteiger partial charge in [0.2, 0.25) is 0 Å². The van der Waals surface area contributed by atoms with Crippen LogP contribution in [0.4, 0.5) is 13.2 Å². The second-order valence-corrected chi connectivity index (χ2v) is 2.64. The van der Waals surface area contributed by atoms with Gasteiger partial charge in [-0.25, -0.2) is 0 Å². The van der Waals surface area contributed by atoms with Crippen molar-refractivity contribution in [2.45, 2.75) is 26.4 Å². The Balaban J connectivity index is 4.20. The molecule has 0 saturated heterocycles. The molecule has 0 bridgehead atoms. The lowest BCUT2D eigenvalue weighted by Gasteiger charge is -2.21. The quantitative estimate of drug-likeness (QED) is 0.564. The van der Waals surface area contributed by atoms with E-state index in [1.165, 1.54) is 13.0 Å². The van der Waals surface area contributed by atoms with Crippen LogP contribution in [0.25, 0.3) is 0 Å². The Kier molecular flexibility index (Phi) is 3.63. The normalized spacial score (nSPS) is 17.5. The highest BCUT2D eigenvalue weighted by molar-refractivity contribution is 4.84. The summed E-state index contributed by atoms with van der Waals surface area (Å²) in [5.74, 6) is -1.72. The van der Waals surface area contributed by atoms with Gasteiger partial charge in [0.15, 0.2) is 0 Å². The summed E-state index contributed by atoms with van der Waals surface area (Å²) in [5, 5.41) is 0. The fourth-order valence-corrected chi connectivity index (χ4v) is 0.967. The fraction of sp³-hybridized carbons (Fsp3) is 0.750. The summed E-state index contributed by atoms with van der Waals surface area (Å²) in [6, 6.07) is 0. The van der Waals surface area contributed by atoms with E-state index in [0.717, 1.165) is 0 Å². The van der Waals surface area contributed by atoms with Crippen molar-refractivity contribution in [3.63, 3.8) is 0 Å². The predicted molar refractivity (Wildman–Crippen MR) is 39.2 cm³/mol. The van der Waals surface area contributed by atoms with Gasteiger partial charge in [-0.3, -0.25) is 0 Å². The molecule has 0 radical (unpaired) electrons. The lowest BCUT2D eigenvalue weighted by molar-refractivity contribution is -0.179. The Labute approximate surface area is 65.1 Å². The fourth-order valence-electron chi connectivity index (χ4n) is 0.967. The monoisotopic (exact) mass is 166 g/mol. The minimum absolute atomic E-state index is 0.449. The smallest absolute Gasteiger partial charge is 0.171 e. The minimum Gasteiger partial charge on any atom is -0.171 e. The van der Waals surface area contributed by atoms with Gasteiger partial charge in [-0.1, -0.05) is 19.9 Å². The molecular formula is C8H13F3. The predicted octanol–water partition coefficient (Wildman–Crippen LogP) is 3.40. The lowest BCUT2D eigenvalue weighted by Crippen LogP contribution is -2.26. The van der Waals surface area contributed by atoms with Gasteiger partial charge in [-0.15, -0.1) is 6.58 Å². The molecule has 0 aromatic carbocycles. The maximum Gasteiger partial charge on any atom is 0.392 e. The van der Waals surface area contributed by atoms with Gasteiger partial charge < -0.3 is 0 Å². The number of allylic oxidation sites excluding steroid dienone is 1. The van der Waals surface area contributed by atoms with Gasteiger partial charge >= 0.3 is 6.18 Å². The third-order valence-corrected chi connectivity index (χ3v) is 1.93. The van der Waals surface area contributed by atoms with Crippen LogP contribution in [-0.2, 0) is 0 Å². The summed E-state index contributed by atoms with van der Waals surface area (Å²) in [5.41, 5.74) is 0. The van der Waals surface area contributed by atoms with Crippen molar-refractivity contribution in [2.24, 2.45) is 11.8 Å². The third kappa shape index (κ3) is 2.95. The molecule has 2 atom stereocenters. The molecule has 0 aliphatic heterocycles. The molecule has 0 spiro atoms. The highest BCUT2D eigenvalue weighted by Gasteiger charge is 2.39. The van der Waals surface area contributed by atoms with Gasteiger partial charge in [0.05, 0.1) is 5.92 Å². The minimum atomic E-state index is -4.09. The Morgan fingerprint density at radius 2 is 1.91 bits per heavy atom. The topological polar surface area (TPSA) is 0 Å². The van der Waals surface area contributed by atoms with E-state index in [9.17, 15) is 13.2 Å². The second-order valence-electron chi connectivity index (χ2n) is 2.64. The van der Waals surface area contributed by atoms with Crippen LogP contribution >= 0.6 is 0 Å². The highest BCUT2D eigenvalue weighted by Crippen LogP contribution is 2.33. The van der Waals surface area contributed by atoms with Gasteiger partial charge in [-0.05, 0) is 12.3 Å². The molecular weight excluding hydrogens is 153 g/mol. The maximum atomic E-state index is 12.0. The SMILES string of the molecule is C=C[C@H](CC)[C@@H](C)C(F)(F)F. The zero-order valence-electron chi connectivity index (χ0n) is 6.78. The first-order valence-corrected chi connectivity index (χ1v) is 3.62. The van der Waals surface area contributed by atoms with Crippen molar-refractivity contribution in [1.29, 1.82) is 0 Å². The van der Waals surface area contributed by atoms with Gasteiger partial charge in [-0.2, -0.15) is 13.2 Å². The van der Waals surface area contributed by atoms with Crippen molar-refractivity contribution >= 4 is 0 Å². The number of hydrogen-bond acceptors (Lipinski definition) is 0. The summed E-state index contributed by atoms with van der Waals surface area (Å²) in [4.78, 5) is 0. The van der Waals surface area contributed by atoms with Gasteiger partial charge in [0, 0.05) is 0 Å². The molecule has 0 aromatic rings. The Morgan fingerprint density at radius 1 is 1.45 bits per heavy atom. The van der Waals surface area contributed by atoms with Crippen LogP contribution in [0, 0.1) is 11.8 Å². The number of hydrogen-bond donors (Lipinski definition) is 0. The molecule has 11 heavy (non-hydrogen) atoms. The molecule has 0 aliphatic carbocycles. The first-order chi connectivity index (χ1) is 4.93. The average molecular weight is 166 g/mol. The summed E-state index contributed by atoms with van der Waals surface area (Å²) in [6.45, 7) is 6.29. The first-order valence-electron chi connectivity index (χ1n) is 3.62. The van der Waals surface area contributed by atoms with E-state index in [-0.39, 0.29) is 0 Å². The molecule has 66 valence electrons. The third-order valence-electron chi connectivity index (χ3n) is 1.93. The Morgan fingerprint density at radius 3 is 2.00 bits per heavy atom. The summed E-state index contributed by atoms with van der Waals surface area (Å²) >= 11 is 0. The van der Waals surface area contributed by atoms with Crippen molar-refractivity contribution in [3.05, 3.63) is 12.7 Å². The van der Waals surface area contributed by atoms with Crippen molar-refractivity contribution < 1.29 is 13.2 Å². The van der Waals surface area contributed by atoms with Crippen LogP contribution in [0.5, 0.6) is 0 Å². The van der Waals surface area contributed by atoms with E-state index in [1.807, 2.05) is 0 Å². The van der Waals surface area contributed by atoms with Crippen molar-refractivity contribution in [3.8, 4) is 0 Å². The molecule has 0 heterocycles. The molecule has 0 nitrogen and oxygen atoms in total. The van der Waals surface area contributed by atoms with Crippen LogP contribution in [0.15, 0.2) is 12.7 Å². The molecule has 3 heteroatoms. The van der Waals surface area contributed by atoms with E-state index < -0.39 is 18.0 Å². The van der Waals surface area contributed by atoms with E-state index in [2.05, 4.69) is 6.58 Å². The molecule has 0 amide bonds. The van der Waals surface area contributed by atoms with E-state index in [1.54, 1.807) is 6.92 Å². The highest BCUT2D eigenvalue weighted by atomic mass is 19.4. The van der Waals surface area contributed by atoms with E-state index >= 15 is 0 Å². The first kappa shape index (κ1) is 10.5. The number of alkyl halides is 3. The largest absolute Gasteiger partial charge is 0.392 e. The molecule has 0 fully saturated rings. The summed E-state index contributed by atoms with van der Waals surface area (Å²) in [6.07, 6.45) is -2.23. The zero-order chi connectivity index (χ0) is 9.07. The Hall–Kier alpha value is -0.470. The lowest BCUT2D eigenvalue weighted by atomic mass is 9.91. The number of halogens is 3. The van der Waals surface area contributed by atoms with Gasteiger partial charge in [0.1, 0.15) is 0 Å². The second kappa shape index (κ2) is 3.79. The maximum absolute atomic E-state index is 12.0. The average Bonchev–Trinajstić information content (AvgIpc) is 1.88. The van der Waals surface area contributed by atoms with Crippen molar-refractivity contribution in [2.75, 3.05) is 0 Å². The van der Waals surface area contributed by atoms with E-state index in [4.69, 9.17) is 0 Å². The molecule has 0 rings (SSSR count). The van der Waals surface area contributed by atoms with Crippen molar-refractivity contribution in [1.82, 2.24) is 0 Å². The van der Waals surface area contributed by atoms with Gasteiger partial charge in [0.25, 0.3) is 0 Å².